The summed E-state index contributed by atoms with van der Waals surface area (Å²) < 4.78 is 19.8. The van der Waals surface area contributed by atoms with Crippen LogP contribution < -0.4 is 15.8 Å². The first kappa shape index (κ1) is 19.8. The van der Waals surface area contributed by atoms with Crippen molar-refractivity contribution in [1.82, 2.24) is 20.3 Å². The zero-order chi connectivity index (χ0) is 20.5. The highest BCUT2D eigenvalue weighted by atomic mass is 35.5. The summed E-state index contributed by atoms with van der Waals surface area (Å²) in [5, 5.41) is 3.49. The van der Waals surface area contributed by atoms with E-state index < -0.39 is 11.9 Å². The minimum absolute atomic E-state index is 0.0816. The topological polar surface area (TPSA) is 86.0 Å². The molecule has 9 heteroatoms. The zero-order valence-corrected chi connectivity index (χ0v) is 17.1. The summed E-state index contributed by atoms with van der Waals surface area (Å²) in [5.74, 6) is -0.0489. The van der Waals surface area contributed by atoms with Crippen molar-refractivity contribution in [2.45, 2.75) is 26.0 Å². The SMILES string of the molecule is C[C@@H](Oc1cc(-c2cnc3c(n2)CCNC3)cnc1N)c1c(Cl)ccc(F)c1Cl. The molecule has 1 aromatic carbocycles. The van der Waals surface area contributed by atoms with E-state index in [1.165, 1.54) is 12.1 Å². The molecular formula is C20H18Cl2FN5O. The second-order valence-corrected chi connectivity index (χ2v) is 7.48. The Hall–Kier alpha value is -2.48. The van der Waals surface area contributed by atoms with Crippen molar-refractivity contribution in [3.63, 3.8) is 0 Å². The highest BCUT2D eigenvalue weighted by molar-refractivity contribution is 6.36. The van der Waals surface area contributed by atoms with Gasteiger partial charge in [-0.3, -0.25) is 4.98 Å². The molecule has 2 aromatic heterocycles. The number of nitrogen functional groups attached to an aromatic ring is 1. The lowest BCUT2D eigenvalue weighted by molar-refractivity contribution is 0.227. The standard InChI is InChI=1S/C20H18Cl2FN5O/c1-10(18-12(21)2-3-13(23)19(18)22)29-17-6-11(7-27-20(17)24)15-9-26-16-8-25-5-4-14(16)28-15/h2-3,6-7,9-10,25H,4-5,8H2,1H3,(H2,24,27)/t10-/m1/s1. The highest BCUT2D eigenvalue weighted by Crippen LogP contribution is 2.36. The van der Waals surface area contributed by atoms with Crippen molar-refractivity contribution in [2.24, 2.45) is 0 Å². The highest BCUT2D eigenvalue weighted by Gasteiger charge is 2.20. The maximum absolute atomic E-state index is 13.9. The molecule has 1 aliphatic heterocycles. The maximum atomic E-state index is 13.9. The Bertz CT molecular complexity index is 1080. The average Bonchev–Trinajstić information content (AvgIpc) is 2.72. The summed E-state index contributed by atoms with van der Waals surface area (Å²) in [4.78, 5) is 13.4. The molecule has 0 amide bonds. The van der Waals surface area contributed by atoms with Crippen LogP contribution in [-0.4, -0.2) is 21.5 Å². The van der Waals surface area contributed by atoms with Gasteiger partial charge in [0.05, 0.1) is 28.3 Å². The van der Waals surface area contributed by atoms with E-state index in [4.69, 9.17) is 38.7 Å². The molecule has 4 rings (SSSR count). The summed E-state index contributed by atoms with van der Waals surface area (Å²) in [5.41, 5.74) is 9.64. The molecule has 0 fully saturated rings. The molecule has 3 N–H and O–H groups in total. The first-order chi connectivity index (χ1) is 13.9. The number of fused-ring (bicyclic) bond motifs is 1. The predicted molar refractivity (Wildman–Crippen MR) is 111 cm³/mol. The molecule has 29 heavy (non-hydrogen) atoms. The molecular weight excluding hydrogens is 416 g/mol. The number of nitrogens with zero attached hydrogens (tertiary/aromatic N) is 3. The molecule has 150 valence electrons. The van der Waals surface area contributed by atoms with Crippen LogP contribution in [-0.2, 0) is 13.0 Å². The second kappa shape index (κ2) is 8.10. The lowest BCUT2D eigenvalue weighted by atomic mass is 10.1. The molecule has 0 aliphatic carbocycles. The lowest BCUT2D eigenvalue weighted by Crippen LogP contribution is -2.25. The number of nitrogens with two attached hydrogens (primary N) is 1. The van der Waals surface area contributed by atoms with Crippen LogP contribution in [0.3, 0.4) is 0 Å². The number of nitrogens with one attached hydrogen (secondary N) is 1. The molecule has 0 saturated heterocycles. The third kappa shape index (κ3) is 3.99. The lowest BCUT2D eigenvalue weighted by Gasteiger charge is -2.19. The van der Waals surface area contributed by atoms with Crippen LogP contribution in [0.1, 0.15) is 30.0 Å². The van der Waals surface area contributed by atoms with Crippen LogP contribution in [0.4, 0.5) is 10.2 Å². The van der Waals surface area contributed by atoms with Gasteiger partial charge in [-0.2, -0.15) is 0 Å². The molecule has 1 atom stereocenters. The quantitative estimate of drug-likeness (QED) is 0.594. The van der Waals surface area contributed by atoms with Gasteiger partial charge in [-0.1, -0.05) is 23.2 Å². The number of anilines is 1. The Balaban J connectivity index is 1.65. The Morgan fingerprint density at radius 1 is 1.21 bits per heavy atom. The van der Waals surface area contributed by atoms with Gasteiger partial charge < -0.3 is 15.8 Å². The Morgan fingerprint density at radius 3 is 2.86 bits per heavy atom. The largest absolute Gasteiger partial charge is 0.482 e. The fourth-order valence-electron chi connectivity index (χ4n) is 3.21. The summed E-state index contributed by atoms with van der Waals surface area (Å²) >= 11 is 12.3. The van der Waals surface area contributed by atoms with E-state index in [0.29, 0.717) is 34.1 Å². The van der Waals surface area contributed by atoms with Crippen LogP contribution in [0.15, 0.2) is 30.6 Å². The van der Waals surface area contributed by atoms with Crippen molar-refractivity contribution >= 4 is 29.0 Å². The van der Waals surface area contributed by atoms with Crippen molar-refractivity contribution in [1.29, 1.82) is 0 Å². The summed E-state index contributed by atoms with van der Waals surface area (Å²) in [6, 6.07) is 4.38. The number of hydrogen-bond donors (Lipinski definition) is 2. The van der Waals surface area contributed by atoms with Crippen LogP contribution >= 0.6 is 23.2 Å². The van der Waals surface area contributed by atoms with Crippen molar-refractivity contribution in [3.8, 4) is 17.0 Å². The van der Waals surface area contributed by atoms with E-state index >= 15 is 0 Å². The Kier molecular flexibility index (Phi) is 5.54. The van der Waals surface area contributed by atoms with Gasteiger partial charge in [0.15, 0.2) is 11.6 Å². The van der Waals surface area contributed by atoms with E-state index in [1.54, 1.807) is 25.4 Å². The van der Waals surface area contributed by atoms with Crippen molar-refractivity contribution in [2.75, 3.05) is 12.3 Å². The third-order valence-electron chi connectivity index (χ3n) is 4.73. The third-order valence-corrected chi connectivity index (χ3v) is 5.44. The predicted octanol–water partition coefficient (Wildman–Crippen LogP) is 4.35. The number of rotatable bonds is 4. The van der Waals surface area contributed by atoms with Gasteiger partial charge in [-0.05, 0) is 25.1 Å². The van der Waals surface area contributed by atoms with Crippen LogP contribution in [0, 0.1) is 5.82 Å². The maximum Gasteiger partial charge on any atom is 0.166 e. The molecule has 0 unspecified atom stereocenters. The number of benzene rings is 1. The van der Waals surface area contributed by atoms with Gasteiger partial charge in [0, 0.05) is 41.9 Å². The molecule has 0 radical (unpaired) electrons. The van der Waals surface area contributed by atoms with Gasteiger partial charge >= 0.3 is 0 Å². The van der Waals surface area contributed by atoms with E-state index in [0.717, 1.165) is 24.4 Å². The fourth-order valence-corrected chi connectivity index (χ4v) is 3.89. The average molecular weight is 434 g/mol. The number of aromatic nitrogens is 3. The summed E-state index contributed by atoms with van der Waals surface area (Å²) in [7, 11) is 0. The number of hydrogen-bond acceptors (Lipinski definition) is 6. The smallest absolute Gasteiger partial charge is 0.166 e. The monoisotopic (exact) mass is 433 g/mol. The van der Waals surface area contributed by atoms with Crippen molar-refractivity contribution < 1.29 is 9.13 Å². The van der Waals surface area contributed by atoms with E-state index in [9.17, 15) is 4.39 Å². The number of pyridine rings is 1. The van der Waals surface area contributed by atoms with Crippen LogP contribution in [0.5, 0.6) is 5.75 Å². The van der Waals surface area contributed by atoms with Gasteiger partial charge in [0.25, 0.3) is 0 Å². The summed E-state index contributed by atoms with van der Waals surface area (Å²) in [6.45, 7) is 3.29. The fraction of sp³-hybridized carbons (Fsp3) is 0.250. The Morgan fingerprint density at radius 2 is 2.03 bits per heavy atom. The number of halogens is 3. The second-order valence-electron chi connectivity index (χ2n) is 6.70. The van der Waals surface area contributed by atoms with Gasteiger partial charge in [0.2, 0.25) is 0 Å². The molecule has 0 spiro atoms. The minimum Gasteiger partial charge on any atom is -0.482 e. The van der Waals surface area contributed by atoms with E-state index in [1.807, 2.05) is 0 Å². The molecule has 3 aromatic rings. The minimum atomic E-state index is -0.647. The van der Waals surface area contributed by atoms with Crippen molar-refractivity contribution in [3.05, 3.63) is 63.4 Å². The van der Waals surface area contributed by atoms with Gasteiger partial charge in [0.1, 0.15) is 11.9 Å². The summed E-state index contributed by atoms with van der Waals surface area (Å²) in [6.07, 6.45) is 3.49. The van der Waals surface area contributed by atoms with Gasteiger partial charge in [-0.25, -0.2) is 14.4 Å². The zero-order valence-electron chi connectivity index (χ0n) is 15.5. The normalized spacial score (nSPS) is 14.3. The molecule has 1 aliphatic rings. The number of ether oxygens (including phenoxy) is 1. The first-order valence-electron chi connectivity index (χ1n) is 9.05. The molecule has 6 nitrogen and oxygen atoms in total. The Labute approximate surface area is 177 Å². The molecule has 0 bridgehead atoms. The van der Waals surface area contributed by atoms with Crippen LogP contribution in [0.2, 0.25) is 10.0 Å². The molecule has 0 saturated carbocycles. The van der Waals surface area contributed by atoms with Gasteiger partial charge in [-0.15, -0.1) is 0 Å². The first-order valence-corrected chi connectivity index (χ1v) is 9.81. The van der Waals surface area contributed by atoms with Crippen LogP contribution in [0.25, 0.3) is 11.3 Å². The van der Waals surface area contributed by atoms with E-state index in [2.05, 4.69) is 15.3 Å². The molecule has 3 heterocycles. The van der Waals surface area contributed by atoms with E-state index in [-0.39, 0.29) is 10.8 Å².